The zero-order valence-electron chi connectivity index (χ0n) is 15.1. The summed E-state index contributed by atoms with van der Waals surface area (Å²) < 4.78 is 63.1. The van der Waals surface area contributed by atoms with Crippen molar-refractivity contribution in [2.45, 2.75) is 28.7 Å². The van der Waals surface area contributed by atoms with Crippen molar-refractivity contribution in [3.63, 3.8) is 0 Å². The molecule has 0 saturated heterocycles. The van der Waals surface area contributed by atoms with E-state index in [-0.39, 0.29) is 29.2 Å². The summed E-state index contributed by atoms with van der Waals surface area (Å²) in [6, 6.07) is 14.9. The van der Waals surface area contributed by atoms with Crippen molar-refractivity contribution in [2.24, 2.45) is 0 Å². The monoisotopic (exact) mass is 428 g/mol. The molecule has 0 aliphatic carbocycles. The summed E-state index contributed by atoms with van der Waals surface area (Å²) in [5, 5.41) is 0. The molecule has 2 rings (SSSR count). The van der Waals surface area contributed by atoms with Gasteiger partial charge in [0.15, 0.2) is 6.10 Å². The molecule has 0 saturated carbocycles. The number of carbonyl (C=O) groups is 1. The van der Waals surface area contributed by atoms with Gasteiger partial charge in [0, 0.05) is 0 Å². The number of benzene rings is 2. The number of carbonyl (C=O) groups excluding carboxylic acids is 1. The number of hydrogen-bond donors (Lipinski definition) is 0. The van der Waals surface area contributed by atoms with Crippen LogP contribution in [0.15, 0.2) is 70.5 Å². The van der Waals surface area contributed by atoms with E-state index in [4.69, 9.17) is 8.37 Å². The van der Waals surface area contributed by atoms with Gasteiger partial charge in [0.25, 0.3) is 20.2 Å². The van der Waals surface area contributed by atoms with Crippen LogP contribution in [0, 0.1) is 0 Å². The van der Waals surface area contributed by atoms with E-state index in [1.807, 2.05) is 0 Å². The summed E-state index contributed by atoms with van der Waals surface area (Å²) in [6.07, 6.45) is -1.47. The van der Waals surface area contributed by atoms with Crippen LogP contribution in [0.3, 0.4) is 0 Å². The first-order chi connectivity index (χ1) is 13.3. The number of ether oxygens (including phenoxy) is 1. The first-order valence-corrected chi connectivity index (χ1v) is 11.1. The highest BCUT2D eigenvalue weighted by Crippen LogP contribution is 2.18. The van der Waals surface area contributed by atoms with Crippen molar-refractivity contribution < 1.29 is 34.7 Å². The Bertz CT molecular complexity index is 971. The highest BCUT2D eigenvalue weighted by molar-refractivity contribution is 7.87. The first kappa shape index (κ1) is 22.0. The van der Waals surface area contributed by atoms with Gasteiger partial charge in [-0.2, -0.15) is 16.8 Å². The van der Waals surface area contributed by atoms with Gasteiger partial charge in [-0.15, -0.1) is 0 Å². The Hall–Kier alpha value is -2.27. The van der Waals surface area contributed by atoms with E-state index in [0.29, 0.717) is 0 Å². The predicted octanol–water partition coefficient (Wildman–Crippen LogP) is 2.12. The number of rotatable bonds is 10. The van der Waals surface area contributed by atoms with Crippen LogP contribution in [0.1, 0.15) is 12.8 Å². The molecule has 1 unspecified atom stereocenters. The van der Waals surface area contributed by atoms with E-state index in [9.17, 15) is 21.6 Å². The van der Waals surface area contributed by atoms with Gasteiger partial charge in [-0.05, 0) is 37.1 Å². The molecule has 0 aliphatic rings. The Balaban J connectivity index is 1.97. The van der Waals surface area contributed by atoms with Crippen molar-refractivity contribution in [3.05, 3.63) is 60.7 Å². The van der Waals surface area contributed by atoms with Crippen LogP contribution < -0.4 is 0 Å². The van der Waals surface area contributed by atoms with Gasteiger partial charge in [-0.3, -0.25) is 8.37 Å². The third kappa shape index (κ3) is 6.13. The molecule has 10 heteroatoms. The van der Waals surface area contributed by atoms with Crippen molar-refractivity contribution in [1.82, 2.24) is 0 Å². The van der Waals surface area contributed by atoms with Crippen LogP contribution in [-0.2, 0) is 38.1 Å². The highest BCUT2D eigenvalue weighted by Gasteiger charge is 2.28. The number of hydrogen-bond acceptors (Lipinski definition) is 8. The molecular weight excluding hydrogens is 408 g/mol. The van der Waals surface area contributed by atoms with Crippen LogP contribution in [-0.4, -0.2) is 42.6 Å². The maximum atomic E-state index is 12.3. The summed E-state index contributed by atoms with van der Waals surface area (Å²) in [7, 11) is -7.02. The van der Waals surface area contributed by atoms with E-state index in [1.165, 1.54) is 36.4 Å². The van der Waals surface area contributed by atoms with Gasteiger partial charge in [-0.1, -0.05) is 36.4 Å². The summed E-state index contributed by atoms with van der Waals surface area (Å²) in [5.74, 6) is -0.884. The van der Waals surface area contributed by atoms with E-state index in [2.05, 4.69) is 4.74 Å². The van der Waals surface area contributed by atoms with Gasteiger partial charge in [0.1, 0.15) is 0 Å². The molecule has 0 fully saturated rings. The lowest BCUT2D eigenvalue weighted by Crippen LogP contribution is -2.29. The zero-order chi connectivity index (χ0) is 20.6. The standard InChI is InChI=1S/C18H20O8S2/c1-24-18(19)17(26-28(22,23)16-11-6-3-7-12-16)13-8-14-25-27(20,21)15-9-4-2-5-10-15/h2-7,9-12,17H,8,13-14H2,1H3. The molecule has 1 atom stereocenters. The number of methoxy groups -OCH3 is 1. The van der Waals surface area contributed by atoms with Crippen molar-refractivity contribution in [3.8, 4) is 0 Å². The fourth-order valence-electron chi connectivity index (χ4n) is 2.22. The smallest absolute Gasteiger partial charge is 0.336 e. The molecule has 2 aromatic carbocycles. The molecule has 0 bridgehead atoms. The lowest BCUT2D eigenvalue weighted by Gasteiger charge is -2.15. The largest absolute Gasteiger partial charge is 0.467 e. The zero-order valence-corrected chi connectivity index (χ0v) is 16.7. The van der Waals surface area contributed by atoms with Gasteiger partial charge < -0.3 is 4.74 Å². The fraction of sp³-hybridized carbons (Fsp3) is 0.278. The minimum atomic E-state index is -4.18. The summed E-state index contributed by atoms with van der Waals surface area (Å²) >= 11 is 0. The molecule has 0 N–H and O–H groups in total. The Kier molecular flexibility index (Phi) is 7.69. The van der Waals surface area contributed by atoms with E-state index in [0.717, 1.165) is 7.11 Å². The van der Waals surface area contributed by atoms with Gasteiger partial charge in [-0.25, -0.2) is 4.79 Å². The topological polar surface area (TPSA) is 113 Å². The normalized spacial score (nSPS) is 13.0. The summed E-state index contributed by atoms with van der Waals surface area (Å²) in [5.41, 5.74) is 0. The van der Waals surface area contributed by atoms with Gasteiger partial charge in [0.2, 0.25) is 0 Å². The molecule has 0 heterocycles. The second-order valence-corrected chi connectivity index (χ2v) is 8.79. The van der Waals surface area contributed by atoms with E-state index in [1.54, 1.807) is 24.3 Å². The average Bonchev–Trinajstić information content (AvgIpc) is 2.71. The lowest BCUT2D eigenvalue weighted by atomic mass is 10.2. The fourth-order valence-corrected chi connectivity index (χ4v) is 4.27. The molecule has 0 spiro atoms. The van der Waals surface area contributed by atoms with E-state index < -0.39 is 32.3 Å². The Morgan fingerprint density at radius 3 is 1.86 bits per heavy atom. The first-order valence-electron chi connectivity index (χ1n) is 8.27. The van der Waals surface area contributed by atoms with Crippen LogP contribution in [0.4, 0.5) is 0 Å². The molecule has 0 aromatic heterocycles. The second kappa shape index (κ2) is 9.78. The van der Waals surface area contributed by atoms with Crippen LogP contribution in [0.5, 0.6) is 0 Å². The lowest BCUT2D eigenvalue weighted by molar-refractivity contribution is -0.149. The molecule has 2 aromatic rings. The molecule has 152 valence electrons. The molecular formula is C18H20O8S2. The minimum Gasteiger partial charge on any atom is -0.467 e. The number of esters is 1. The van der Waals surface area contributed by atoms with Crippen LogP contribution in [0.2, 0.25) is 0 Å². The summed E-state index contributed by atoms with van der Waals surface area (Å²) in [6.45, 7) is -0.251. The highest BCUT2D eigenvalue weighted by atomic mass is 32.2. The van der Waals surface area contributed by atoms with Crippen molar-refractivity contribution >= 4 is 26.2 Å². The Labute approximate surface area is 164 Å². The molecule has 0 amide bonds. The third-order valence-electron chi connectivity index (χ3n) is 3.62. The maximum Gasteiger partial charge on any atom is 0.336 e. The van der Waals surface area contributed by atoms with E-state index >= 15 is 0 Å². The van der Waals surface area contributed by atoms with Crippen LogP contribution >= 0.6 is 0 Å². The average molecular weight is 428 g/mol. The minimum absolute atomic E-state index is 0.00224. The molecule has 0 radical (unpaired) electrons. The van der Waals surface area contributed by atoms with Crippen LogP contribution in [0.25, 0.3) is 0 Å². The summed E-state index contributed by atoms with van der Waals surface area (Å²) in [4.78, 5) is 11.8. The third-order valence-corrected chi connectivity index (χ3v) is 6.28. The molecule has 28 heavy (non-hydrogen) atoms. The van der Waals surface area contributed by atoms with Gasteiger partial charge >= 0.3 is 5.97 Å². The maximum absolute atomic E-state index is 12.3. The SMILES string of the molecule is COC(=O)C(CCCOS(=O)(=O)c1ccccc1)OS(=O)(=O)c1ccccc1. The van der Waals surface area contributed by atoms with Crippen molar-refractivity contribution in [2.75, 3.05) is 13.7 Å². The van der Waals surface area contributed by atoms with Crippen molar-refractivity contribution in [1.29, 1.82) is 0 Å². The quantitative estimate of drug-likeness (QED) is 0.321. The predicted molar refractivity (Wildman–Crippen MR) is 99.3 cm³/mol. The Morgan fingerprint density at radius 2 is 1.36 bits per heavy atom. The van der Waals surface area contributed by atoms with Gasteiger partial charge in [0.05, 0.1) is 23.5 Å². The molecule has 0 aliphatic heterocycles. The Morgan fingerprint density at radius 1 is 0.857 bits per heavy atom. The second-order valence-electron chi connectivity index (χ2n) is 5.61. The molecule has 8 nitrogen and oxygen atoms in total.